The number of ether oxygens (including phenoxy) is 3. The second-order valence-corrected chi connectivity index (χ2v) is 9.30. The van der Waals surface area contributed by atoms with Crippen molar-refractivity contribution in [1.29, 1.82) is 0 Å². The molecule has 8 nitrogen and oxygen atoms in total. The van der Waals surface area contributed by atoms with Crippen LogP contribution < -0.4 is 23.8 Å². The number of hydrogen-bond donors (Lipinski definition) is 1. The molecule has 1 amide bonds. The normalized spacial score (nSPS) is 12.7. The van der Waals surface area contributed by atoms with Gasteiger partial charge in [0.2, 0.25) is 5.91 Å². The van der Waals surface area contributed by atoms with Crippen LogP contribution in [0, 0.1) is 6.92 Å². The predicted molar refractivity (Wildman–Crippen MR) is 125 cm³/mol. The lowest BCUT2D eigenvalue weighted by Gasteiger charge is -2.24. The fourth-order valence-electron chi connectivity index (χ4n) is 3.42. The van der Waals surface area contributed by atoms with Gasteiger partial charge >= 0.3 is 0 Å². The smallest absolute Gasteiger partial charge is 0.264 e. The average Bonchev–Trinajstić information content (AvgIpc) is 2.82. The second-order valence-electron chi connectivity index (χ2n) is 7.43. The zero-order chi connectivity index (χ0) is 23.4. The third-order valence-corrected chi connectivity index (χ3v) is 6.82. The molecule has 0 atom stereocenters. The number of carbonyl (C=O) groups excluding carboxylic acids is 1. The highest BCUT2D eigenvalue weighted by molar-refractivity contribution is 7.92. The number of anilines is 2. The van der Waals surface area contributed by atoms with Crippen molar-refractivity contribution in [3.63, 3.8) is 0 Å². The van der Waals surface area contributed by atoms with E-state index >= 15 is 0 Å². The summed E-state index contributed by atoms with van der Waals surface area (Å²) in [5.41, 5.74) is 1.62. The van der Waals surface area contributed by atoms with Gasteiger partial charge in [-0.15, -0.1) is 0 Å². The van der Waals surface area contributed by atoms with Crippen LogP contribution >= 0.6 is 0 Å². The van der Waals surface area contributed by atoms with Crippen molar-refractivity contribution in [2.75, 3.05) is 36.5 Å². The van der Waals surface area contributed by atoms with Crippen LogP contribution in [0.3, 0.4) is 0 Å². The lowest BCUT2D eigenvalue weighted by molar-refractivity contribution is -0.114. The molecule has 0 aromatic heterocycles. The molecule has 4 rings (SSSR count). The largest absolute Gasteiger partial charge is 0.497 e. The van der Waals surface area contributed by atoms with Gasteiger partial charge in [0, 0.05) is 11.8 Å². The van der Waals surface area contributed by atoms with Crippen LogP contribution in [-0.4, -0.2) is 41.2 Å². The third-order valence-electron chi connectivity index (χ3n) is 5.05. The molecule has 0 bridgehead atoms. The Labute approximate surface area is 192 Å². The van der Waals surface area contributed by atoms with Gasteiger partial charge in [-0.3, -0.25) is 9.10 Å². The molecule has 0 aliphatic carbocycles. The molecule has 0 fully saturated rings. The Bertz CT molecular complexity index is 1260. The van der Waals surface area contributed by atoms with E-state index in [2.05, 4.69) is 5.32 Å². The molecule has 1 N–H and O–H groups in total. The zero-order valence-corrected chi connectivity index (χ0v) is 19.1. The van der Waals surface area contributed by atoms with Crippen molar-refractivity contribution in [3.05, 3.63) is 72.3 Å². The number of sulfonamides is 1. The molecule has 0 saturated carbocycles. The molecule has 1 aliphatic rings. The molecule has 33 heavy (non-hydrogen) atoms. The summed E-state index contributed by atoms with van der Waals surface area (Å²) in [5.74, 6) is 1.20. The van der Waals surface area contributed by atoms with E-state index in [1.165, 1.54) is 13.2 Å². The minimum Gasteiger partial charge on any atom is -0.497 e. The van der Waals surface area contributed by atoms with Crippen molar-refractivity contribution >= 4 is 27.3 Å². The lowest BCUT2D eigenvalue weighted by Crippen LogP contribution is -2.38. The van der Waals surface area contributed by atoms with E-state index in [4.69, 9.17) is 14.2 Å². The average molecular weight is 469 g/mol. The first-order valence-electron chi connectivity index (χ1n) is 10.3. The Hall–Kier alpha value is -3.72. The molecule has 9 heteroatoms. The predicted octanol–water partition coefficient (Wildman–Crippen LogP) is 3.61. The standard InChI is InChI=1S/C24H24N2O6S/c1-17-4-3-5-21(14-17)33(28,29)26(19-7-9-20(30-2)10-8-19)16-24(27)25-18-6-11-22-23(15-18)32-13-12-31-22/h3-11,14-15H,12-13,16H2,1-2H3,(H,25,27). The molecule has 172 valence electrons. The number of methoxy groups -OCH3 is 1. The molecule has 0 radical (unpaired) electrons. The van der Waals surface area contributed by atoms with Gasteiger partial charge in [0.05, 0.1) is 17.7 Å². The first kappa shape index (κ1) is 22.5. The van der Waals surface area contributed by atoms with Crippen LogP contribution in [0.5, 0.6) is 17.2 Å². The fourth-order valence-corrected chi connectivity index (χ4v) is 4.94. The summed E-state index contributed by atoms with van der Waals surface area (Å²) < 4.78 is 44.3. The number of benzene rings is 3. The maximum Gasteiger partial charge on any atom is 0.264 e. The number of nitrogens with one attached hydrogen (secondary N) is 1. The van der Waals surface area contributed by atoms with Crippen LogP contribution in [0.2, 0.25) is 0 Å². The maximum atomic E-state index is 13.5. The van der Waals surface area contributed by atoms with E-state index in [-0.39, 0.29) is 4.90 Å². The quantitative estimate of drug-likeness (QED) is 0.569. The molecular formula is C24H24N2O6S. The number of aryl methyl sites for hydroxylation is 1. The summed E-state index contributed by atoms with van der Waals surface area (Å²) in [4.78, 5) is 13.0. The molecule has 3 aromatic rings. The van der Waals surface area contributed by atoms with E-state index in [1.54, 1.807) is 54.6 Å². The van der Waals surface area contributed by atoms with Gasteiger partial charge in [0.1, 0.15) is 25.5 Å². The Balaban J connectivity index is 1.62. The minimum atomic E-state index is -4.01. The maximum absolute atomic E-state index is 13.5. The highest BCUT2D eigenvalue weighted by Gasteiger charge is 2.27. The minimum absolute atomic E-state index is 0.102. The van der Waals surface area contributed by atoms with E-state index in [0.717, 1.165) is 9.87 Å². The number of nitrogens with zero attached hydrogens (tertiary/aromatic N) is 1. The Kier molecular flexibility index (Phi) is 6.41. The van der Waals surface area contributed by atoms with E-state index < -0.39 is 22.5 Å². The molecule has 3 aromatic carbocycles. The van der Waals surface area contributed by atoms with Gasteiger partial charge in [-0.1, -0.05) is 12.1 Å². The van der Waals surface area contributed by atoms with Gasteiger partial charge in [0.15, 0.2) is 11.5 Å². The molecular weight excluding hydrogens is 444 g/mol. The summed E-state index contributed by atoms with van der Waals surface area (Å²) in [6, 6.07) is 18.1. The third kappa shape index (κ3) is 5.04. The van der Waals surface area contributed by atoms with Gasteiger partial charge in [-0.05, 0) is 61.0 Å². The van der Waals surface area contributed by atoms with Gasteiger partial charge in [-0.25, -0.2) is 8.42 Å². The van der Waals surface area contributed by atoms with Crippen molar-refractivity contribution in [1.82, 2.24) is 0 Å². The summed E-state index contributed by atoms with van der Waals surface area (Å²) in [6.45, 7) is 2.28. The first-order chi connectivity index (χ1) is 15.9. The Morgan fingerprint density at radius 1 is 1.00 bits per heavy atom. The van der Waals surface area contributed by atoms with Crippen LogP contribution in [0.15, 0.2) is 71.6 Å². The molecule has 0 unspecified atom stereocenters. The van der Waals surface area contributed by atoms with Crippen molar-refractivity contribution in [3.8, 4) is 17.2 Å². The first-order valence-corrected chi connectivity index (χ1v) is 11.7. The number of fused-ring (bicyclic) bond motifs is 1. The number of carbonyl (C=O) groups is 1. The SMILES string of the molecule is COc1ccc(N(CC(=O)Nc2ccc3c(c2)OCCO3)S(=O)(=O)c2cccc(C)c2)cc1. The Morgan fingerprint density at radius 3 is 2.42 bits per heavy atom. The molecule has 0 saturated heterocycles. The zero-order valence-electron chi connectivity index (χ0n) is 18.3. The molecule has 1 heterocycles. The number of rotatable bonds is 7. The fraction of sp³-hybridized carbons (Fsp3) is 0.208. The van der Waals surface area contributed by atoms with Gasteiger partial charge < -0.3 is 19.5 Å². The summed E-state index contributed by atoms with van der Waals surface area (Å²) in [6.07, 6.45) is 0. The van der Waals surface area contributed by atoms with Crippen LogP contribution in [0.1, 0.15) is 5.56 Å². The van der Waals surface area contributed by atoms with Crippen LogP contribution in [-0.2, 0) is 14.8 Å². The van der Waals surface area contributed by atoms with Crippen LogP contribution in [0.4, 0.5) is 11.4 Å². The van der Waals surface area contributed by atoms with E-state index in [1.807, 2.05) is 13.0 Å². The van der Waals surface area contributed by atoms with Crippen molar-refractivity contribution in [2.24, 2.45) is 0 Å². The van der Waals surface area contributed by atoms with E-state index in [0.29, 0.717) is 41.8 Å². The summed E-state index contributed by atoms with van der Waals surface area (Å²) in [5, 5.41) is 2.74. The van der Waals surface area contributed by atoms with Crippen molar-refractivity contribution in [2.45, 2.75) is 11.8 Å². The van der Waals surface area contributed by atoms with Crippen molar-refractivity contribution < 1.29 is 27.4 Å². The monoisotopic (exact) mass is 468 g/mol. The summed E-state index contributed by atoms with van der Waals surface area (Å²) in [7, 11) is -2.49. The highest BCUT2D eigenvalue weighted by atomic mass is 32.2. The Morgan fingerprint density at radius 2 is 1.73 bits per heavy atom. The lowest BCUT2D eigenvalue weighted by atomic mass is 10.2. The topological polar surface area (TPSA) is 94.2 Å². The van der Waals surface area contributed by atoms with Gasteiger partial charge in [0.25, 0.3) is 10.0 Å². The highest BCUT2D eigenvalue weighted by Crippen LogP contribution is 2.33. The molecule has 1 aliphatic heterocycles. The molecule has 0 spiro atoms. The number of amides is 1. The van der Waals surface area contributed by atoms with E-state index in [9.17, 15) is 13.2 Å². The summed E-state index contributed by atoms with van der Waals surface area (Å²) >= 11 is 0. The second kappa shape index (κ2) is 9.41. The van der Waals surface area contributed by atoms with Crippen LogP contribution in [0.25, 0.3) is 0 Å². The number of hydrogen-bond acceptors (Lipinski definition) is 6. The van der Waals surface area contributed by atoms with Gasteiger partial charge in [-0.2, -0.15) is 0 Å².